The Balaban J connectivity index is 1.60. The molecule has 0 saturated carbocycles. The van der Waals surface area contributed by atoms with Gasteiger partial charge in [0.25, 0.3) is 0 Å². The second-order valence-electron chi connectivity index (χ2n) is 6.64. The topological polar surface area (TPSA) is 58.0 Å². The van der Waals surface area contributed by atoms with E-state index in [2.05, 4.69) is 20.3 Å². The first-order valence-electron chi connectivity index (χ1n) is 8.58. The summed E-state index contributed by atoms with van der Waals surface area (Å²) in [5.41, 5.74) is 5.20. The van der Waals surface area contributed by atoms with Crippen molar-refractivity contribution in [1.82, 2.24) is 20.3 Å². The Morgan fingerprint density at radius 3 is 2.80 bits per heavy atom. The van der Waals surface area contributed by atoms with Gasteiger partial charge in [-0.25, -0.2) is 4.39 Å². The van der Waals surface area contributed by atoms with Crippen LogP contribution in [0.1, 0.15) is 41.5 Å². The number of aryl methyl sites for hydroxylation is 2. The molecule has 2 aromatic heterocycles. The molecule has 1 N–H and O–H groups in total. The number of hydrogen-bond acceptors (Lipinski definition) is 4. The Hall–Kier alpha value is -2.47. The molecule has 1 aliphatic rings. The van der Waals surface area contributed by atoms with Crippen LogP contribution in [0.15, 0.2) is 35.0 Å². The van der Waals surface area contributed by atoms with Crippen LogP contribution in [0.5, 0.6) is 0 Å². The first kappa shape index (κ1) is 16.0. The van der Waals surface area contributed by atoms with E-state index in [-0.39, 0.29) is 5.82 Å². The van der Waals surface area contributed by atoms with E-state index in [0.29, 0.717) is 6.04 Å². The second kappa shape index (κ2) is 6.44. The standard InChI is InChI=1S/C19H21FN4O/c1-12-18(13(2)25-23-12)17-4-3-9-24(17)11-15-10-21-22-19(15)14-5-7-16(20)8-6-14/h5-8,10,17H,3-4,9,11H2,1-2H3,(H,21,22)/t17-/m0/s1. The molecule has 0 bridgehead atoms. The van der Waals surface area contributed by atoms with E-state index in [1.54, 1.807) is 12.1 Å². The molecule has 1 aromatic carbocycles. The monoisotopic (exact) mass is 340 g/mol. The molecule has 4 rings (SSSR count). The average molecular weight is 340 g/mol. The normalized spacial score (nSPS) is 18.1. The highest BCUT2D eigenvalue weighted by Gasteiger charge is 2.31. The molecular weight excluding hydrogens is 319 g/mol. The maximum atomic E-state index is 13.2. The number of aromatic amines is 1. The van der Waals surface area contributed by atoms with Crippen LogP contribution < -0.4 is 0 Å². The Labute approximate surface area is 145 Å². The van der Waals surface area contributed by atoms with Gasteiger partial charge in [-0.3, -0.25) is 10.00 Å². The number of H-pyrrole nitrogens is 1. The van der Waals surface area contributed by atoms with Crippen molar-refractivity contribution in [3.05, 3.63) is 58.9 Å². The van der Waals surface area contributed by atoms with Crippen LogP contribution in [0.2, 0.25) is 0 Å². The zero-order valence-corrected chi connectivity index (χ0v) is 14.4. The smallest absolute Gasteiger partial charge is 0.138 e. The van der Waals surface area contributed by atoms with Crippen LogP contribution >= 0.6 is 0 Å². The zero-order valence-electron chi connectivity index (χ0n) is 14.4. The summed E-state index contributed by atoms with van der Waals surface area (Å²) in [4.78, 5) is 2.45. The summed E-state index contributed by atoms with van der Waals surface area (Å²) in [6.07, 6.45) is 4.12. The fraction of sp³-hybridized carbons (Fsp3) is 0.368. The maximum Gasteiger partial charge on any atom is 0.138 e. The van der Waals surface area contributed by atoms with Crippen LogP contribution in [-0.4, -0.2) is 26.8 Å². The molecule has 1 atom stereocenters. The number of nitrogens with zero attached hydrogens (tertiary/aromatic N) is 3. The maximum absolute atomic E-state index is 13.2. The molecule has 1 aliphatic heterocycles. The van der Waals surface area contributed by atoms with Gasteiger partial charge in [0.2, 0.25) is 0 Å². The Kier molecular flexibility index (Phi) is 4.13. The molecule has 0 unspecified atom stereocenters. The second-order valence-corrected chi connectivity index (χ2v) is 6.64. The quantitative estimate of drug-likeness (QED) is 0.775. The third kappa shape index (κ3) is 2.98. The summed E-state index contributed by atoms with van der Waals surface area (Å²) in [5, 5.41) is 11.4. The molecule has 1 saturated heterocycles. The first-order chi connectivity index (χ1) is 12.1. The highest BCUT2D eigenvalue weighted by atomic mass is 19.1. The van der Waals surface area contributed by atoms with Gasteiger partial charge in [-0.05, 0) is 57.5 Å². The molecule has 3 heterocycles. The van der Waals surface area contributed by atoms with E-state index in [4.69, 9.17) is 4.52 Å². The number of likely N-dealkylation sites (tertiary alicyclic amines) is 1. The minimum atomic E-state index is -0.233. The van der Waals surface area contributed by atoms with Gasteiger partial charge in [0, 0.05) is 29.3 Å². The molecular formula is C19H21FN4O. The lowest BCUT2D eigenvalue weighted by Gasteiger charge is -2.24. The summed E-state index contributed by atoms with van der Waals surface area (Å²) < 4.78 is 18.6. The van der Waals surface area contributed by atoms with Crippen LogP contribution in [0, 0.1) is 19.7 Å². The third-order valence-corrected chi connectivity index (χ3v) is 5.01. The summed E-state index contributed by atoms with van der Waals surface area (Å²) >= 11 is 0. The number of benzene rings is 1. The Bertz CT molecular complexity index is 848. The van der Waals surface area contributed by atoms with Crippen LogP contribution in [0.25, 0.3) is 11.3 Å². The van der Waals surface area contributed by atoms with Crippen molar-refractivity contribution < 1.29 is 8.91 Å². The lowest BCUT2D eigenvalue weighted by Crippen LogP contribution is -2.23. The molecule has 0 aliphatic carbocycles. The third-order valence-electron chi connectivity index (χ3n) is 5.01. The van der Waals surface area contributed by atoms with Gasteiger partial charge < -0.3 is 4.52 Å². The molecule has 1 fully saturated rings. The highest BCUT2D eigenvalue weighted by molar-refractivity contribution is 5.62. The van der Waals surface area contributed by atoms with E-state index >= 15 is 0 Å². The van der Waals surface area contributed by atoms with E-state index in [1.165, 1.54) is 17.7 Å². The van der Waals surface area contributed by atoms with Gasteiger partial charge in [0.15, 0.2) is 0 Å². The van der Waals surface area contributed by atoms with Crippen molar-refractivity contribution in [2.75, 3.05) is 6.54 Å². The fourth-order valence-electron chi connectivity index (χ4n) is 3.82. The predicted molar refractivity (Wildman–Crippen MR) is 92.3 cm³/mol. The zero-order chi connectivity index (χ0) is 17.4. The van der Waals surface area contributed by atoms with Crippen molar-refractivity contribution in [1.29, 1.82) is 0 Å². The Morgan fingerprint density at radius 1 is 1.28 bits per heavy atom. The molecule has 0 spiro atoms. The van der Waals surface area contributed by atoms with Gasteiger partial charge in [0.1, 0.15) is 11.6 Å². The Morgan fingerprint density at radius 2 is 2.08 bits per heavy atom. The van der Waals surface area contributed by atoms with Crippen LogP contribution in [0.4, 0.5) is 4.39 Å². The largest absolute Gasteiger partial charge is 0.361 e. The van der Waals surface area contributed by atoms with Crippen molar-refractivity contribution in [2.45, 2.75) is 39.3 Å². The summed E-state index contributed by atoms with van der Waals surface area (Å²) in [6.45, 7) is 5.80. The van der Waals surface area contributed by atoms with E-state index in [9.17, 15) is 4.39 Å². The molecule has 25 heavy (non-hydrogen) atoms. The predicted octanol–water partition coefficient (Wildman–Crippen LogP) is 4.16. The number of halogens is 1. The summed E-state index contributed by atoms with van der Waals surface area (Å²) in [7, 11) is 0. The molecule has 5 nitrogen and oxygen atoms in total. The van der Waals surface area contributed by atoms with Crippen molar-refractivity contribution >= 4 is 0 Å². The van der Waals surface area contributed by atoms with Gasteiger partial charge in [0.05, 0.1) is 17.6 Å². The average Bonchev–Trinajstić information content (AvgIpc) is 3.31. The number of hydrogen-bond donors (Lipinski definition) is 1. The number of rotatable bonds is 4. The minimum Gasteiger partial charge on any atom is -0.361 e. The van der Waals surface area contributed by atoms with Gasteiger partial charge in [-0.15, -0.1) is 0 Å². The summed E-state index contributed by atoms with van der Waals surface area (Å²) in [5.74, 6) is 0.670. The van der Waals surface area contributed by atoms with E-state index in [0.717, 1.165) is 54.2 Å². The van der Waals surface area contributed by atoms with Crippen molar-refractivity contribution in [2.24, 2.45) is 0 Å². The molecule has 3 aromatic rings. The lowest BCUT2D eigenvalue weighted by molar-refractivity contribution is 0.246. The van der Waals surface area contributed by atoms with Crippen LogP contribution in [0.3, 0.4) is 0 Å². The number of nitrogens with one attached hydrogen (secondary N) is 1. The van der Waals surface area contributed by atoms with Gasteiger partial charge in [-0.1, -0.05) is 5.16 Å². The van der Waals surface area contributed by atoms with Gasteiger partial charge >= 0.3 is 0 Å². The van der Waals surface area contributed by atoms with E-state index < -0.39 is 0 Å². The molecule has 0 radical (unpaired) electrons. The van der Waals surface area contributed by atoms with Crippen LogP contribution in [-0.2, 0) is 6.54 Å². The fourth-order valence-corrected chi connectivity index (χ4v) is 3.82. The molecule has 130 valence electrons. The minimum absolute atomic E-state index is 0.233. The molecule has 6 heteroatoms. The van der Waals surface area contributed by atoms with E-state index in [1.807, 2.05) is 20.0 Å². The summed E-state index contributed by atoms with van der Waals surface area (Å²) in [6, 6.07) is 6.83. The van der Waals surface area contributed by atoms with Crippen molar-refractivity contribution in [3.8, 4) is 11.3 Å². The number of aromatic nitrogens is 3. The SMILES string of the molecule is Cc1noc(C)c1[C@@H]1CCCN1Cc1cn[nH]c1-c1ccc(F)cc1. The lowest BCUT2D eigenvalue weighted by atomic mass is 10.0. The molecule has 0 amide bonds. The van der Waals surface area contributed by atoms with Crippen molar-refractivity contribution in [3.63, 3.8) is 0 Å². The first-order valence-corrected chi connectivity index (χ1v) is 8.58. The highest BCUT2D eigenvalue weighted by Crippen LogP contribution is 2.37. The van der Waals surface area contributed by atoms with Gasteiger partial charge in [-0.2, -0.15) is 5.10 Å².